The van der Waals surface area contributed by atoms with Gasteiger partial charge >= 0.3 is 7.60 Å². The number of hydrogen-bond donors (Lipinski definition) is 2. The van der Waals surface area contributed by atoms with Crippen molar-refractivity contribution in [2.24, 2.45) is 11.3 Å². The van der Waals surface area contributed by atoms with Gasteiger partial charge in [-0.1, -0.05) is 13.8 Å². The quantitative estimate of drug-likeness (QED) is 0.732. The molecular weight excluding hydrogens is 227 g/mol. The first-order valence-corrected chi connectivity index (χ1v) is 7.57. The minimum absolute atomic E-state index is 0.0152. The largest absolute Gasteiger partial charge is 0.325 e. The molecule has 16 heavy (non-hydrogen) atoms. The third-order valence-electron chi connectivity index (χ3n) is 3.62. The summed E-state index contributed by atoms with van der Waals surface area (Å²) >= 11 is 0. The summed E-state index contributed by atoms with van der Waals surface area (Å²) in [4.78, 5) is 28.8. The molecule has 0 spiro atoms. The van der Waals surface area contributed by atoms with E-state index >= 15 is 0 Å². The van der Waals surface area contributed by atoms with E-state index < -0.39 is 7.60 Å². The van der Waals surface area contributed by atoms with E-state index in [4.69, 9.17) is 9.79 Å². The second kappa shape index (κ2) is 4.99. The van der Waals surface area contributed by atoms with Gasteiger partial charge in [0, 0.05) is 19.0 Å². The van der Waals surface area contributed by atoms with Crippen LogP contribution in [0, 0.1) is 11.3 Å². The molecule has 1 aliphatic rings. The van der Waals surface area contributed by atoms with Crippen molar-refractivity contribution in [1.82, 2.24) is 0 Å². The van der Waals surface area contributed by atoms with E-state index in [1.807, 2.05) is 0 Å². The van der Waals surface area contributed by atoms with Crippen molar-refractivity contribution in [2.75, 3.05) is 6.16 Å². The molecular formula is C11H21O4P. The molecule has 1 unspecified atom stereocenters. The van der Waals surface area contributed by atoms with Crippen molar-refractivity contribution in [3.8, 4) is 0 Å². The Morgan fingerprint density at radius 1 is 1.44 bits per heavy atom. The van der Waals surface area contributed by atoms with Crippen LogP contribution in [0.15, 0.2) is 0 Å². The summed E-state index contributed by atoms with van der Waals surface area (Å²) in [5.74, 6) is 0.713. The molecule has 1 fully saturated rings. The van der Waals surface area contributed by atoms with Crippen LogP contribution in [0.2, 0.25) is 0 Å². The summed E-state index contributed by atoms with van der Waals surface area (Å²) in [6.07, 6.45) is 3.51. The highest BCUT2D eigenvalue weighted by atomic mass is 31.2. The first-order chi connectivity index (χ1) is 7.21. The van der Waals surface area contributed by atoms with Crippen molar-refractivity contribution < 1.29 is 19.1 Å². The van der Waals surface area contributed by atoms with Gasteiger partial charge in [-0.15, -0.1) is 0 Å². The highest BCUT2D eigenvalue weighted by molar-refractivity contribution is 7.51. The normalized spacial score (nSPS) is 22.8. The van der Waals surface area contributed by atoms with Crippen molar-refractivity contribution in [3.63, 3.8) is 0 Å². The number of ketones is 1. The topological polar surface area (TPSA) is 74.6 Å². The van der Waals surface area contributed by atoms with E-state index in [1.165, 1.54) is 0 Å². The van der Waals surface area contributed by atoms with Crippen molar-refractivity contribution in [2.45, 2.75) is 46.0 Å². The fraction of sp³-hybridized carbons (Fsp3) is 0.909. The highest BCUT2D eigenvalue weighted by Gasteiger charge is 2.35. The van der Waals surface area contributed by atoms with Crippen LogP contribution in [-0.2, 0) is 9.36 Å². The molecule has 1 rings (SSSR count). The lowest BCUT2D eigenvalue weighted by atomic mass is 9.74. The Hall–Kier alpha value is -0.180. The van der Waals surface area contributed by atoms with Gasteiger partial charge in [0.2, 0.25) is 0 Å². The average molecular weight is 248 g/mol. The predicted octanol–water partition coefficient (Wildman–Crippen LogP) is 2.34. The SMILES string of the molecule is CC(C)(CCCP(=O)(O)O)C1CCC(=O)C1. The Morgan fingerprint density at radius 3 is 2.50 bits per heavy atom. The molecule has 0 aromatic carbocycles. The fourth-order valence-electron chi connectivity index (χ4n) is 2.43. The summed E-state index contributed by atoms with van der Waals surface area (Å²) in [7, 11) is -3.86. The Balaban J connectivity index is 2.39. The minimum Gasteiger partial charge on any atom is -0.324 e. The van der Waals surface area contributed by atoms with Crippen LogP contribution < -0.4 is 0 Å². The van der Waals surface area contributed by atoms with Crippen LogP contribution >= 0.6 is 7.60 Å². The number of rotatable bonds is 5. The maximum Gasteiger partial charge on any atom is 0.325 e. The van der Waals surface area contributed by atoms with Gasteiger partial charge < -0.3 is 9.79 Å². The summed E-state index contributed by atoms with van der Waals surface area (Å²) in [5.41, 5.74) is 0.0152. The fourth-order valence-corrected chi connectivity index (χ4v) is 3.00. The van der Waals surface area contributed by atoms with E-state index in [9.17, 15) is 9.36 Å². The second-order valence-electron chi connectivity index (χ2n) is 5.46. The van der Waals surface area contributed by atoms with E-state index in [0.717, 1.165) is 12.8 Å². The summed E-state index contributed by atoms with van der Waals surface area (Å²) in [6.45, 7) is 4.19. The second-order valence-corrected chi connectivity index (χ2v) is 7.24. The molecule has 0 saturated heterocycles. The number of Topliss-reactive ketones (excluding diaryl/α,β-unsaturated/α-hetero) is 1. The Labute approximate surface area is 96.6 Å². The minimum atomic E-state index is -3.86. The molecule has 0 heterocycles. The molecule has 0 radical (unpaired) electrons. The molecule has 0 aromatic heterocycles. The summed E-state index contributed by atoms with van der Waals surface area (Å²) < 4.78 is 10.7. The maximum absolute atomic E-state index is 11.2. The Kier molecular flexibility index (Phi) is 4.33. The number of hydrogen-bond acceptors (Lipinski definition) is 2. The van der Waals surface area contributed by atoms with Gasteiger partial charge in [0.05, 0.1) is 0 Å². The highest BCUT2D eigenvalue weighted by Crippen LogP contribution is 2.43. The van der Waals surface area contributed by atoms with Crippen LogP contribution in [0.25, 0.3) is 0 Å². The third kappa shape index (κ3) is 4.36. The molecule has 0 bridgehead atoms. The van der Waals surface area contributed by atoms with Gasteiger partial charge in [0.15, 0.2) is 0 Å². The van der Waals surface area contributed by atoms with E-state index in [2.05, 4.69) is 13.8 Å². The Morgan fingerprint density at radius 2 is 2.06 bits per heavy atom. The molecule has 0 aromatic rings. The zero-order valence-corrected chi connectivity index (χ0v) is 10.9. The predicted molar refractivity (Wildman–Crippen MR) is 62.3 cm³/mol. The van der Waals surface area contributed by atoms with Crippen molar-refractivity contribution >= 4 is 13.4 Å². The van der Waals surface area contributed by atoms with Crippen LogP contribution in [0.1, 0.15) is 46.0 Å². The van der Waals surface area contributed by atoms with Crippen molar-refractivity contribution in [1.29, 1.82) is 0 Å². The van der Waals surface area contributed by atoms with Crippen LogP contribution in [-0.4, -0.2) is 21.7 Å². The molecule has 1 aliphatic carbocycles. The van der Waals surface area contributed by atoms with Crippen molar-refractivity contribution in [3.05, 3.63) is 0 Å². The monoisotopic (exact) mass is 248 g/mol. The van der Waals surface area contributed by atoms with Crippen LogP contribution in [0.4, 0.5) is 0 Å². The zero-order valence-electron chi connectivity index (χ0n) is 9.98. The maximum atomic E-state index is 11.2. The van der Waals surface area contributed by atoms with Crippen LogP contribution in [0.5, 0.6) is 0 Å². The molecule has 0 aliphatic heterocycles. The standard InChI is InChI=1S/C11H21O4P/c1-11(2,6-3-7-16(13,14)15)9-4-5-10(12)8-9/h9H,3-8H2,1-2H3,(H2,13,14,15). The summed E-state index contributed by atoms with van der Waals surface area (Å²) in [6, 6.07) is 0. The van der Waals surface area contributed by atoms with Gasteiger partial charge in [-0.2, -0.15) is 0 Å². The van der Waals surface area contributed by atoms with Gasteiger partial charge in [-0.05, 0) is 30.6 Å². The van der Waals surface area contributed by atoms with E-state index in [0.29, 0.717) is 31.0 Å². The first kappa shape index (κ1) is 13.9. The third-order valence-corrected chi connectivity index (χ3v) is 4.52. The summed E-state index contributed by atoms with van der Waals surface area (Å²) in [5, 5.41) is 0. The lowest BCUT2D eigenvalue weighted by Crippen LogP contribution is -2.22. The number of carbonyl (C=O) groups excluding carboxylic acids is 1. The van der Waals surface area contributed by atoms with Gasteiger partial charge in [-0.3, -0.25) is 9.36 Å². The smallest absolute Gasteiger partial charge is 0.324 e. The van der Waals surface area contributed by atoms with Gasteiger partial charge in [0.1, 0.15) is 5.78 Å². The molecule has 4 nitrogen and oxygen atoms in total. The first-order valence-electron chi connectivity index (χ1n) is 5.77. The molecule has 2 N–H and O–H groups in total. The van der Waals surface area contributed by atoms with E-state index in [1.54, 1.807) is 0 Å². The Bertz CT molecular complexity index is 305. The molecule has 1 atom stereocenters. The zero-order chi connectivity index (χ0) is 12.4. The lowest BCUT2D eigenvalue weighted by molar-refractivity contribution is -0.117. The number of carbonyl (C=O) groups is 1. The lowest BCUT2D eigenvalue weighted by Gasteiger charge is -2.31. The van der Waals surface area contributed by atoms with Crippen LogP contribution in [0.3, 0.4) is 0 Å². The molecule has 0 amide bonds. The molecule has 94 valence electrons. The molecule has 5 heteroatoms. The van der Waals surface area contributed by atoms with Gasteiger partial charge in [-0.25, -0.2) is 0 Å². The molecule has 1 saturated carbocycles. The van der Waals surface area contributed by atoms with Gasteiger partial charge in [0.25, 0.3) is 0 Å². The van der Waals surface area contributed by atoms with E-state index in [-0.39, 0.29) is 11.6 Å². The average Bonchev–Trinajstić information content (AvgIpc) is 2.49.